The molecular formula is C26H29NO2. The molecule has 2 aromatic carbocycles. The first-order valence-electron chi connectivity index (χ1n) is 10.5. The van der Waals surface area contributed by atoms with Crippen molar-refractivity contribution in [2.75, 3.05) is 0 Å². The second-order valence-corrected chi connectivity index (χ2v) is 9.51. The normalized spacial score (nSPS) is 22.3. The number of hydrogen-bond acceptors (Lipinski definition) is 2. The average Bonchev–Trinajstić information content (AvgIpc) is 2.67. The molecule has 2 aliphatic rings. The van der Waals surface area contributed by atoms with Gasteiger partial charge in [-0.2, -0.15) is 0 Å². The first-order chi connectivity index (χ1) is 13.7. The molecule has 0 unspecified atom stereocenters. The van der Waals surface area contributed by atoms with E-state index in [1.165, 1.54) is 16.7 Å². The van der Waals surface area contributed by atoms with Gasteiger partial charge in [0.2, 0.25) is 5.91 Å². The molecule has 0 bridgehead atoms. The molecule has 1 amide bonds. The zero-order chi connectivity index (χ0) is 20.8. The van der Waals surface area contributed by atoms with Crippen molar-refractivity contribution in [2.45, 2.75) is 64.2 Å². The summed E-state index contributed by atoms with van der Waals surface area (Å²) in [5.41, 5.74) is 6.44. The Morgan fingerprint density at radius 3 is 2.07 bits per heavy atom. The van der Waals surface area contributed by atoms with Crippen LogP contribution in [0.1, 0.15) is 74.1 Å². The highest BCUT2D eigenvalue weighted by atomic mass is 16.2. The number of nitrogens with one attached hydrogen (secondary N) is 1. The lowest BCUT2D eigenvalue weighted by Crippen LogP contribution is -2.38. The third-order valence-electron chi connectivity index (χ3n) is 6.26. The summed E-state index contributed by atoms with van der Waals surface area (Å²) in [6.07, 6.45) is 1.56. The molecule has 4 rings (SSSR count). The van der Waals surface area contributed by atoms with Crippen LogP contribution in [0.5, 0.6) is 0 Å². The fourth-order valence-electron chi connectivity index (χ4n) is 4.53. The Bertz CT molecular complexity index is 975. The molecule has 0 radical (unpaired) electrons. The Kier molecular flexibility index (Phi) is 4.94. The minimum absolute atomic E-state index is 0.00542. The maximum absolute atomic E-state index is 13.2. The minimum Gasteiger partial charge on any atom is -0.329 e. The predicted octanol–water partition coefficient (Wildman–Crippen LogP) is 5.30. The Morgan fingerprint density at radius 1 is 0.828 bits per heavy atom. The molecule has 3 nitrogen and oxygen atoms in total. The first-order valence-corrected chi connectivity index (χ1v) is 10.5. The van der Waals surface area contributed by atoms with Crippen LogP contribution in [0.3, 0.4) is 0 Å². The van der Waals surface area contributed by atoms with Crippen molar-refractivity contribution >= 4 is 11.7 Å². The van der Waals surface area contributed by atoms with Crippen LogP contribution in [0.15, 0.2) is 59.8 Å². The quantitative estimate of drug-likeness (QED) is 0.760. The van der Waals surface area contributed by atoms with Gasteiger partial charge in [0.15, 0.2) is 5.78 Å². The molecule has 0 fully saturated rings. The molecule has 0 saturated heterocycles. The third-order valence-corrected chi connectivity index (χ3v) is 6.26. The zero-order valence-electron chi connectivity index (χ0n) is 17.7. The van der Waals surface area contributed by atoms with Gasteiger partial charge in [0, 0.05) is 30.0 Å². The lowest BCUT2D eigenvalue weighted by molar-refractivity contribution is -0.122. The number of amides is 1. The summed E-state index contributed by atoms with van der Waals surface area (Å²) in [6.45, 7) is 8.65. The highest BCUT2D eigenvalue weighted by molar-refractivity contribution is 6.02. The largest absolute Gasteiger partial charge is 0.329 e. The van der Waals surface area contributed by atoms with Crippen molar-refractivity contribution in [3.8, 4) is 0 Å². The van der Waals surface area contributed by atoms with E-state index in [0.717, 1.165) is 16.8 Å². The lowest BCUT2D eigenvalue weighted by atomic mass is 9.73. The van der Waals surface area contributed by atoms with Crippen LogP contribution >= 0.6 is 0 Å². The van der Waals surface area contributed by atoms with Crippen LogP contribution in [0.25, 0.3) is 0 Å². The Labute approximate surface area is 173 Å². The number of ketones is 1. The summed E-state index contributed by atoms with van der Waals surface area (Å²) < 4.78 is 0. The van der Waals surface area contributed by atoms with Crippen LogP contribution < -0.4 is 5.32 Å². The van der Waals surface area contributed by atoms with Crippen LogP contribution in [-0.2, 0) is 15.0 Å². The Hall–Kier alpha value is -2.68. The highest BCUT2D eigenvalue weighted by Crippen LogP contribution is 2.42. The van der Waals surface area contributed by atoms with E-state index in [-0.39, 0.29) is 28.9 Å². The summed E-state index contributed by atoms with van der Waals surface area (Å²) in [7, 11) is 0. The Balaban J connectivity index is 1.65. The number of carbonyl (C=O) groups is 2. The van der Waals surface area contributed by atoms with Crippen LogP contribution in [0, 0.1) is 6.92 Å². The van der Waals surface area contributed by atoms with Gasteiger partial charge < -0.3 is 5.32 Å². The van der Waals surface area contributed by atoms with Crippen LogP contribution in [0.2, 0.25) is 0 Å². The smallest absolute Gasteiger partial charge is 0.225 e. The minimum atomic E-state index is -0.129. The standard InChI is InChI=1S/C26H29NO2/c1-16-5-7-18(8-6-16)21-15-24(29)27-22-13-19(14-23(28)25(21)22)17-9-11-20(12-10-17)26(2,3)4/h5-12,19,21H,13-15H2,1-4H3,(H,27,29)/t19-,21-/m1/s1. The van der Waals surface area contributed by atoms with Crippen molar-refractivity contribution in [1.29, 1.82) is 0 Å². The molecule has 1 N–H and O–H groups in total. The number of rotatable bonds is 2. The average molecular weight is 388 g/mol. The number of hydrogen-bond donors (Lipinski definition) is 1. The van der Waals surface area contributed by atoms with Gasteiger partial charge in [0.1, 0.15) is 0 Å². The van der Waals surface area contributed by atoms with Crippen molar-refractivity contribution < 1.29 is 9.59 Å². The van der Waals surface area contributed by atoms with E-state index < -0.39 is 0 Å². The van der Waals surface area contributed by atoms with Crippen LogP contribution in [-0.4, -0.2) is 11.7 Å². The summed E-state index contributed by atoms with van der Waals surface area (Å²) in [4.78, 5) is 25.6. The van der Waals surface area contributed by atoms with Gasteiger partial charge in [-0.1, -0.05) is 74.9 Å². The molecule has 1 heterocycles. The number of Topliss-reactive ketones (excluding diaryl/α,β-unsaturated/α-hetero) is 1. The van der Waals surface area contributed by atoms with Crippen molar-refractivity contribution in [2.24, 2.45) is 0 Å². The second-order valence-electron chi connectivity index (χ2n) is 9.51. The zero-order valence-corrected chi connectivity index (χ0v) is 17.7. The van der Waals surface area contributed by atoms with Gasteiger partial charge in [-0.15, -0.1) is 0 Å². The molecule has 150 valence electrons. The van der Waals surface area contributed by atoms with Gasteiger partial charge in [-0.25, -0.2) is 0 Å². The van der Waals surface area contributed by atoms with Gasteiger partial charge in [0.05, 0.1) is 0 Å². The van der Waals surface area contributed by atoms with Crippen molar-refractivity contribution in [3.05, 3.63) is 82.1 Å². The third kappa shape index (κ3) is 3.91. The monoisotopic (exact) mass is 387 g/mol. The molecular weight excluding hydrogens is 358 g/mol. The Morgan fingerprint density at radius 2 is 1.45 bits per heavy atom. The molecule has 3 heteroatoms. The first kappa shape index (κ1) is 19.6. The second kappa shape index (κ2) is 7.29. The van der Waals surface area contributed by atoms with E-state index in [1.807, 2.05) is 19.1 Å². The fraction of sp³-hybridized carbons (Fsp3) is 0.385. The summed E-state index contributed by atoms with van der Waals surface area (Å²) in [5, 5.41) is 3.02. The van der Waals surface area contributed by atoms with Crippen LogP contribution in [0.4, 0.5) is 0 Å². The molecule has 2 atom stereocenters. The number of allylic oxidation sites excluding steroid dienone is 2. The topological polar surface area (TPSA) is 46.2 Å². The number of benzene rings is 2. The van der Waals surface area contributed by atoms with E-state index in [2.05, 4.69) is 62.5 Å². The van der Waals surface area contributed by atoms with Gasteiger partial charge in [0.25, 0.3) is 0 Å². The maximum atomic E-state index is 13.2. The van der Waals surface area contributed by atoms with Gasteiger partial charge in [-0.3, -0.25) is 9.59 Å². The maximum Gasteiger partial charge on any atom is 0.225 e. The summed E-state index contributed by atoms with van der Waals surface area (Å²) >= 11 is 0. The number of aryl methyl sites for hydroxylation is 1. The molecule has 0 spiro atoms. The highest BCUT2D eigenvalue weighted by Gasteiger charge is 2.38. The number of carbonyl (C=O) groups excluding carboxylic acids is 2. The van der Waals surface area contributed by atoms with E-state index in [0.29, 0.717) is 19.3 Å². The van der Waals surface area contributed by atoms with E-state index >= 15 is 0 Å². The summed E-state index contributed by atoms with van der Waals surface area (Å²) in [5.74, 6) is 0.163. The summed E-state index contributed by atoms with van der Waals surface area (Å²) in [6, 6.07) is 16.8. The lowest BCUT2D eigenvalue weighted by Gasteiger charge is -2.34. The molecule has 0 aromatic heterocycles. The molecule has 0 saturated carbocycles. The van der Waals surface area contributed by atoms with E-state index in [1.54, 1.807) is 0 Å². The van der Waals surface area contributed by atoms with Crippen molar-refractivity contribution in [3.63, 3.8) is 0 Å². The van der Waals surface area contributed by atoms with Gasteiger partial charge in [-0.05, 0) is 41.4 Å². The fourth-order valence-corrected chi connectivity index (χ4v) is 4.53. The molecule has 2 aromatic rings. The van der Waals surface area contributed by atoms with E-state index in [9.17, 15) is 9.59 Å². The van der Waals surface area contributed by atoms with Gasteiger partial charge >= 0.3 is 0 Å². The van der Waals surface area contributed by atoms with E-state index in [4.69, 9.17) is 0 Å². The molecule has 1 aliphatic carbocycles. The molecule has 29 heavy (non-hydrogen) atoms. The SMILES string of the molecule is Cc1ccc([C@H]2CC(=O)NC3=C2C(=O)C[C@H](c2ccc(C(C)(C)C)cc2)C3)cc1. The molecule has 1 aliphatic heterocycles. The van der Waals surface area contributed by atoms with Crippen molar-refractivity contribution in [1.82, 2.24) is 5.32 Å². The predicted molar refractivity (Wildman–Crippen MR) is 116 cm³/mol.